The lowest BCUT2D eigenvalue weighted by molar-refractivity contribution is -0.605. The normalized spacial score (nSPS) is 14.2. The minimum absolute atomic E-state index is 0.000791. The molecular formula is C29H29Cl2F2N2O9S-. The first-order chi connectivity index (χ1) is 21.5. The van der Waals surface area contributed by atoms with E-state index in [0.717, 1.165) is 29.5 Å². The van der Waals surface area contributed by atoms with E-state index >= 15 is 0 Å². The number of nitrogens with zero attached hydrogens (tertiary/aromatic N) is 2. The second kappa shape index (κ2) is 15.7. The van der Waals surface area contributed by atoms with E-state index in [2.05, 4.69) is 4.74 Å². The first-order valence-electron chi connectivity index (χ1n) is 13.5. The fourth-order valence-electron chi connectivity index (χ4n) is 4.35. The zero-order chi connectivity index (χ0) is 32.7. The number of carbonyl (C=O) groups is 1. The smallest absolute Gasteiger partial charge is 0.387 e. The molecule has 2 aromatic carbocycles. The van der Waals surface area contributed by atoms with Crippen LogP contribution in [0.3, 0.4) is 0 Å². The highest BCUT2D eigenvalue weighted by molar-refractivity contribution is 7.76. The highest BCUT2D eigenvalue weighted by atomic mass is 35.5. The molecule has 0 N–H and O–H groups in total. The molecule has 0 radical (unpaired) electrons. The highest BCUT2D eigenvalue weighted by Crippen LogP contribution is 2.38. The van der Waals surface area contributed by atoms with Crippen molar-refractivity contribution < 1.29 is 50.8 Å². The third kappa shape index (κ3) is 9.78. The second-order valence-corrected chi connectivity index (χ2v) is 11.8. The summed E-state index contributed by atoms with van der Waals surface area (Å²) in [7, 11) is 2.89. The molecule has 2 atom stereocenters. The Hall–Kier alpha value is -3.43. The Balaban J connectivity index is 1.61. The van der Waals surface area contributed by atoms with Crippen LogP contribution in [0.2, 0.25) is 10.0 Å². The van der Waals surface area contributed by atoms with E-state index in [9.17, 15) is 27.5 Å². The van der Waals surface area contributed by atoms with Crippen molar-refractivity contribution in [2.24, 2.45) is 5.92 Å². The highest BCUT2D eigenvalue weighted by Gasteiger charge is 2.27. The lowest BCUT2D eigenvalue weighted by atomic mass is 10.0. The lowest BCUT2D eigenvalue weighted by Crippen LogP contribution is -2.33. The van der Waals surface area contributed by atoms with E-state index in [1.54, 1.807) is 18.2 Å². The third-order valence-corrected chi connectivity index (χ3v) is 8.10. The quantitative estimate of drug-likeness (QED) is 0.0866. The number of ether oxygens (including phenoxy) is 5. The molecule has 2 unspecified atom stereocenters. The second-order valence-electron chi connectivity index (χ2n) is 10.0. The van der Waals surface area contributed by atoms with Gasteiger partial charge in [0.15, 0.2) is 35.4 Å². The number of rotatable bonds is 16. The Labute approximate surface area is 270 Å². The molecule has 1 aliphatic rings. The number of aromatic nitrogens is 1. The van der Waals surface area contributed by atoms with Gasteiger partial charge in [-0.2, -0.15) is 13.5 Å². The monoisotopic (exact) mass is 689 g/mol. The fourth-order valence-corrected chi connectivity index (χ4v) is 5.41. The largest absolute Gasteiger partial charge is 0.760 e. The number of benzene rings is 2. The van der Waals surface area contributed by atoms with Crippen molar-refractivity contribution in [2.75, 3.05) is 27.4 Å². The minimum Gasteiger partial charge on any atom is -0.760 e. The fraction of sp³-hybridized carbons (Fsp3) is 0.379. The van der Waals surface area contributed by atoms with Crippen molar-refractivity contribution in [3.8, 4) is 23.0 Å². The van der Waals surface area contributed by atoms with Crippen LogP contribution in [0.5, 0.6) is 23.0 Å². The number of esters is 1. The van der Waals surface area contributed by atoms with Gasteiger partial charge in [0.2, 0.25) is 0 Å². The van der Waals surface area contributed by atoms with Crippen molar-refractivity contribution in [2.45, 2.75) is 38.5 Å². The Bertz CT molecular complexity index is 1510. The molecular weight excluding hydrogens is 661 g/mol. The molecule has 11 nitrogen and oxygen atoms in total. The summed E-state index contributed by atoms with van der Waals surface area (Å²) in [5, 5.41) is 11.8. The van der Waals surface area contributed by atoms with Gasteiger partial charge in [-0.25, -0.2) is 4.31 Å². The summed E-state index contributed by atoms with van der Waals surface area (Å²) < 4.78 is 78.2. The maximum absolute atomic E-state index is 13.2. The van der Waals surface area contributed by atoms with Gasteiger partial charge < -0.3 is 33.4 Å². The Morgan fingerprint density at radius 2 is 1.71 bits per heavy atom. The summed E-state index contributed by atoms with van der Waals surface area (Å²) in [6.07, 6.45) is 2.69. The van der Waals surface area contributed by atoms with Crippen LogP contribution in [0.4, 0.5) is 8.78 Å². The summed E-state index contributed by atoms with van der Waals surface area (Å²) >= 11 is 9.74. The number of hydrogen-bond acceptors (Lipinski definition) is 9. The van der Waals surface area contributed by atoms with E-state index < -0.39 is 36.5 Å². The molecule has 1 heterocycles. The number of carbonyl (C=O) groups excluding carboxylic acids is 1. The number of methoxy groups -OCH3 is 2. The topological polar surface area (TPSA) is 134 Å². The van der Waals surface area contributed by atoms with Gasteiger partial charge in [0.05, 0.1) is 20.8 Å². The van der Waals surface area contributed by atoms with Crippen LogP contribution in [0, 0.1) is 11.1 Å². The van der Waals surface area contributed by atoms with Gasteiger partial charge in [0.25, 0.3) is 0 Å². The molecule has 0 amide bonds. The van der Waals surface area contributed by atoms with Crippen molar-refractivity contribution in [1.82, 2.24) is 4.31 Å². The molecule has 0 spiro atoms. The molecule has 1 saturated carbocycles. The van der Waals surface area contributed by atoms with E-state index in [4.69, 9.17) is 42.1 Å². The van der Waals surface area contributed by atoms with Crippen molar-refractivity contribution in [3.05, 3.63) is 80.7 Å². The van der Waals surface area contributed by atoms with Crippen LogP contribution < -0.4 is 23.7 Å². The predicted molar refractivity (Wildman–Crippen MR) is 158 cm³/mol. The summed E-state index contributed by atoms with van der Waals surface area (Å²) in [5.74, 6) is -0.0782. The molecule has 45 heavy (non-hydrogen) atoms. The van der Waals surface area contributed by atoms with Gasteiger partial charge >= 0.3 is 12.6 Å². The van der Waals surface area contributed by atoms with Gasteiger partial charge in [-0.15, -0.1) is 0 Å². The standard InChI is InChI=1S/C29H30Cl2F2N2O9S/c1-40-23-7-5-18(9-26(23)41-2)12-35(45(38)39)15-28(36)43-25(11-20-21(30)13-34(37)14-22(20)31)19-6-8-24(44-29(32)33)27(10-19)42-16-17-3-4-17/h5-10,13-14,17,25,29H,3-4,11-12,15-16H2,1-2H3,(H,38,39)/p-1. The maximum Gasteiger partial charge on any atom is 0.387 e. The number of pyridine rings is 1. The molecule has 0 bridgehead atoms. The Morgan fingerprint density at radius 3 is 2.31 bits per heavy atom. The van der Waals surface area contributed by atoms with Crippen LogP contribution in [0.1, 0.15) is 35.6 Å². The van der Waals surface area contributed by atoms with Gasteiger partial charge in [-0.3, -0.25) is 9.00 Å². The van der Waals surface area contributed by atoms with Gasteiger partial charge in [-0.05, 0) is 54.2 Å². The summed E-state index contributed by atoms with van der Waals surface area (Å²) in [5.41, 5.74) is 1.05. The summed E-state index contributed by atoms with van der Waals surface area (Å²) in [6, 6.07) is 8.82. The van der Waals surface area contributed by atoms with Crippen LogP contribution >= 0.6 is 23.2 Å². The Kier molecular flexibility index (Phi) is 12.0. The van der Waals surface area contributed by atoms with Crippen molar-refractivity contribution in [1.29, 1.82) is 0 Å². The van der Waals surface area contributed by atoms with Crippen LogP contribution in [-0.2, 0) is 33.8 Å². The number of hydrogen-bond donors (Lipinski definition) is 0. The molecule has 244 valence electrons. The number of halogens is 4. The molecule has 4 rings (SSSR count). The molecule has 16 heteroatoms. The van der Waals surface area contributed by atoms with Gasteiger partial charge in [-0.1, -0.05) is 35.3 Å². The average molecular weight is 691 g/mol. The zero-order valence-electron chi connectivity index (χ0n) is 24.1. The molecule has 1 aliphatic carbocycles. The molecule has 0 saturated heterocycles. The van der Waals surface area contributed by atoms with Gasteiger partial charge in [0.1, 0.15) is 22.7 Å². The first kappa shape index (κ1) is 34.4. The van der Waals surface area contributed by atoms with Crippen LogP contribution in [-0.4, -0.2) is 53.0 Å². The average Bonchev–Trinajstić information content (AvgIpc) is 3.81. The third-order valence-electron chi connectivity index (χ3n) is 6.77. The van der Waals surface area contributed by atoms with Crippen LogP contribution in [0.15, 0.2) is 48.8 Å². The minimum atomic E-state index is -3.11. The molecule has 1 aromatic heterocycles. The zero-order valence-corrected chi connectivity index (χ0v) is 26.4. The molecule has 0 aliphatic heterocycles. The summed E-state index contributed by atoms with van der Waals surface area (Å²) in [6.45, 7) is -3.73. The van der Waals surface area contributed by atoms with E-state index in [-0.39, 0.29) is 58.2 Å². The van der Waals surface area contributed by atoms with Gasteiger partial charge in [0, 0.05) is 29.8 Å². The first-order valence-corrected chi connectivity index (χ1v) is 15.3. The Morgan fingerprint density at radius 1 is 1.04 bits per heavy atom. The van der Waals surface area contributed by atoms with Crippen molar-refractivity contribution in [3.63, 3.8) is 0 Å². The lowest BCUT2D eigenvalue weighted by Gasteiger charge is -2.26. The molecule has 3 aromatic rings. The van der Waals surface area contributed by atoms with Crippen molar-refractivity contribution >= 4 is 40.4 Å². The predicted octanol–water partition coefficient (Wildman–Crippen LogP) is 5.16. The van der Waals surface area contributed by atoms with Crippen LogP contribution in [0.25, 0.3) is 0 Å². The SMILES string of the molecule is COc1ccc(CN(CC(=O)OC(Cc2c(Cl)c[n+]([O-])cc2Cl)c2ccc(OC(F)F)c(OCC3CC3)c2)S(=O)[O-])cc1OC. The molecule has 1 fully saturated rings. The van der Waals surface area contributed by atoms with E-state index in [0.29, 0.717) is 21.8 Å². The number of alkyl halides is 2. The van der Waals surface area contributed by atoms with E-state index in [1.165, 1.54) is 32.4 Å². The van der Waals surface area contributed by atoms with E-state index in [1.807, 2.05) is 0 Å². The maximum atomic E-state index is 13.2. The summed E-state index contributed by atoms with van der Waals surface area (Å²) in [4.78, 5) is 13.2.